The number of H-pyrrole nitrogens is 1. The van der Waals surface area contributed by atoms with E-state index in [4.69, 9.17) is 0 Å². The summed E-state index contributed by atoms with van der Waals surface area (Å²) in [6, 6.07) is 9.96. The number of hydrogen-bond donors (Lipinski definition) is 1. The Balaban J connectivity index is 1.72. The molecule has 2 aromatic carbocycles. The molecule has 0 bridgehead atoms. The van der Waals surface area contributed by atoms with Crippen LogP contribution in [0.25, 0.3) is 10.9 Å². The Morgan fingerprint density at radius 2 is 1.82 bits per heavy atom. The highest BCUT2D eigenvalue weighted by Crippen LogP contribution is 2.38. The Labute approximate surface area is 199 Å². The van der Waals surface area contributed by atoms with Crippen molar-refractivity contribution in [2.24, 2.45) is 0 Å². The summed E-state index contributed by atoms with van der Waals surface area (Å²) in [6.07, 6.45) is 2.26. The van der Waals surface area contributed by atoms with Crippen LogP contribution in [0.4, 0.5) is 13.2 Å². The van der Waals surface area contributed by atoms with Gasteiger partial charge in [0.25, 0.3) is 0 Å². The number of carbonyl (C=O) groups is 1. The van der Waals surface area contributed by atoms with Gasteiger partial charge in [0.2, 0.25) is 0 Å². The van der Waals surface area contributed by atoms with Crippen LogP contribution in [-0.4, -0.2) is 28.5 Å². The Bertz CT molecular complexity index is 1180. The molecule has 3 nitrogen and oxygen atoms in total. The molecule has 4 rings (SSSR count). The number of carbonyl (C=O) groups excluding carboxylic acids is 1. The molecule has 1 N–H and O–H groups in total. The highest BCUT2D eigenvalue weighted by atomic mass is 19.4. The van der Waals surface area contributed by atoms with Crippen molar-refractivity contribution in [3.63, 3.8) is 0 Å². The minimum absolute atomic E-state index is 0.0974. The van der Waals surface area contributed by atoms with Crippen molar-refractivity contribution in [1.29, 1.82) is 0 Å². The van der Waals surface area contributed by atoms with Gasteiger partial charge in [-0.05, 0) is 84.0 Å². The van der Waals surface area contributed by atoms with Crippen LogP contribution in [0, 0.1) is 0 Å². The summed E-state index contributed by atoms with van der Waals surface area (Å²) < 4.78 is 40.5. The number of amides is 1. The minimum atomic E-state index is -4.87. The molecule has 3 aromatic rings. The number of aryl methyl sites for hydroxylation is 4. The van der Waals surface area contributed by atoms with Gasteiger partial charge in [0.15, 0.2) is 0 Å². The van der Waals surface area contributed by atoms with Crippen LogP contribution < -0.4 is 0 Å². The van der Waals surface area contributed by atoms with Crippen LogP contribution in [0.2, 0.25) is 0 Å². The first-order valence-electron chi connectivity index (χ1n) is 12.4. The van der Waals surface area contributed by atoms with Gasteiger partial charge in [-0.1, -0.05) is 45.4 Å². The second-order valence-corrected chi connectivity index (χ2v) is 9.27. The third kappa shape index (κ3) is 4.73. The molecule has 6 heteroatoms. The molecule has 0 saturated heterocycles. The second kappa shape index (κ2) is 9.85. The molecule has 182 valence electrons. The molecule has 0 spiro atoms. The van der Waals surface area contributed by atoms with Crippen LogP contribution in [0.1, 0.15) is 73.0 Å². The van der Waals surface area contributed by atoms with E-state index < -0.39 is 18.1 Å². The van der Waals surface area contributed by atoms with E-state index in [0.717, 1.165) is 58.2 Å². The fourth-order valence-electron chi connectivity index (χ4n) is 5.34. The molecule has 1 amide bonds. The molecular formula is C28H33F3N2O. The zero-order valence-electron chi connectivity index (χ0n) is 20.2. The highest BCUT2D eigenvalue weighted by Gasteiger charge is 2.46. The molecule has 34 heavy (non-hydrogen) atoms. The van der Waals surface area contributed by atoms with E-state index in [2.05, 4.69) is 56.1 Å². The molecule has 0 radical (unpaired) electrons. The standard InChI is InChI=1S/C28H33F3N2O/c1-4-7-20-16-24-21(15-19(20)6-3)12-13-33(27(34)28(29,30)31)26(24)11-9-22-17-32-25-10-8-18(5-2)14-23(22)25/h8,10,14-17,26,32H,4-7,9,11-13H2,1-3H3. The number of alkyl halides is 3. The first-order valence-corrected chi connectivity index (χ1v) is 12.4. The van der Waals surface area contributed by atoms with Gasteiger partial charge in [-0.25, -0.2) is 0 Å². The van der Waals surface area contributed by atoms with Crippen LogP contribution in [0.5, 0.6) is 0 Å². The average molecular weight is 471 g/mol. The maximum absolute atomic E-state index is 13.5. The molecule has 0 saturated carbocycles. The van der Waals surface area contributed by atoms with Crippen molar-refractivity contribution in [1.82, 2.24) is 9.88 Å². The Hall–Kier alpha value is -2.76. The number of benzene rings is 2. The normalized spacial score (nSPS) is 16.2. The monoisotopic (exact) mass is 470 g/mol. The SMILES string of the molecule is CCCc1cc2c(cc1CC)CCN(C(=O)C(F)(F)F)C2CCc1c[nH]c2ccc(CC)cc12. The number of aromatic amines is 1. The third-order valence-corrected chi connectivity index (χ3v) is 7.15. The summed E-state index contributed by atoms with van der Waals surface area (Å²) in [5, 5.41) is 1.11. The molecule has 0 fully saturated rings. The van der Waals surface area contributed by atoms with Crippen molar-refractivity contribution < 1.29 is 18.0 Å². The predicted molar refractivity (Wildman–Crippen MR) is 130 cm³/mol. The van der Waals surface area contributed by atoms with Crippen molar-refractivity contribution in [3.05, 3.63) is 69.9 Å². The van der Waals surface area contributed by atoms with Crippen molar-refractivity contribution >= 4 is 16.8 Å². The number of aromatic nitrogens is 1. The quantitative estimate of drug-likeness (QED) is 0.402. The van der Waals surface area contributed by atoms with Crippen molar-refractivity contribution in [2.45, 2.75) is 77.9 Å². The average Bonchev–Trinajstić information content (AvgIpc) is 3.23. The van der Waals surface area contributed by atoms with Gasteiger partial charge < -0.3 is 9.88 Å². The Morgan fingerprint density at radius 3 is 2.50 bits per heavy atom. The minimum Gasteiger partial charge on any atom is -0.361 e. The van der Waals surface area contributed by atoms with Crippen LogP contribution in [-0.2, 0) is 36.9 Å². The number of nitrogens with one attached hydrogen (secondary N) is 1. The molecule has 1 aliphatic heterocycles. The maximum atomic E-state index is 13.5. The second-order valence-electron chi connectivity index (χ2n) is 9.27. The van der Waals surface area contributed by atoms with Gasteiger partial charge >= 0.3 is 12.1 Å². The summed E-state index contributed by atoms with van der Waals surface area (Å²) >= 11 is 0. The first-order chi connectivity index (χ1) is 16.3. The number of hydrogen-bond acceptors (Lipinski definition) is 1. The largest absolute Gasteiger partial charge is 0.471 e. The van der Waals surface area contributed by atoms with Gasteiger partial charge in [0.05, 0.1) is 6.04 Å². The number of nitrogens with zero attached hydrogens (tertiary/aromatic N) is 1. The molecular weight excluding hydrogens is 437 g/mol. The predicted octanol–water partition coefficient (Wildman–Crippen LogP) is 6.87. The molecule has 2 heterocycles. The zero-order chi connectivity index (χ0) is 24.5. The van der Waals surface area contributed by atoms with E-state index in [1.165, 1.54) is 16.7 Å². The molecule has 1 atom stereocenters. The summed E-state index contributed by atoms with van der Waals surface area (Å²) in [5.74, 6) is -1.73. The lowest BCUT2D eigenvalue weighted by Gasteiger charge is -2.38. The summed E-state index contributed by atoms with van der Waals surface area (Å²) in [7, 11) is 0. The lowest BCUT2D eigenvalue weighted by atomic mass is 9.84. The lowest BCUT2D eigenvalue weighted by Crippen LogP contribution is -2.46. The first kappa shape index (κ1) is 24.4. The zero-order valence-corrected chi connectivity index (χ0v) is 20.2. The highest BCUT2D eigenvalue weighted by molar-refractivity contribution is 5.84. The lowest BCUT2D eigenvalue weighted by molar-refractivity contribution is -0.188. The van der Waals surface area contributed by atoms with Gasteiger partial charge in [-0.3, -0.25) is 4.79 Å². The fourth-order valence-corrected chi connectivity index (χ4v) is 5.34. The van der Waals surface area contributed by atoms with Gasteiger partial charge in [-0.15, -0.1) is 0 Å². The van der Waals surface area contributed by atoms with Crippen LogP contribution in [0.3, 0.4) is 0 Å². The van der Waals surface area contributed by atoms with E-state index >= 15 is 0 Å². The fraction of sp³-hybridized carbons (Fsp3) is 0.464. The maximum Gasteiger partial charge on any atom is 0.471 e. The molecule has 0 aliphatic carbocycles. The van der Waals surface area contributed by atoms with Crippen molar-refractivity contribution in [3.8, 4) is 0 Å². The van der Waals surface area contributed by atoms with E-state index in [0.29, 0.717) is 19.3 Å². The Kier molecular flexibility index (Phi) is 7.06. The summed E-state index contributed by atoms with van der Waals surface area (Å²) in [5.41, 5.74) is 7.75. The van der Waals surface area contributed by atoms with E-state index in [9.17, 15) is 18.0 Å². The summed E-state index contributed by atoms with van der Waals surface area (Å²) in [4.78, 5) is 16.8. The van der Waals surface area contributed by atoms with Crippen LogP contribution >= 0.6 is 0 Å². The van der Waals surface area contributed by atoms with Gasteiger partial charge in [0, 0.05) is 23.6 Å². The molecule has 1 aromatic heterocycles. The number of rotatable bonds is 7. The van der Waals surface area contributed by atoms with E-state index in [1.54, 1.807) is 0 Å². The number of halogens is 3. The topological polar surface area (TPSA) is 36.1 Å². The number of fused-ring (bicyclic) bond motifs is 2. The van der Waals surface area contributed by atoms with Crippen molar-refractivity contribution in [2.75, 3.05) is 6.54 Å². The Morgan fingerprint density at radius 1 is 1.03 bits per heavy atom. The van der Waals surface area contributed by atoms with Crippen LogP contribution in [0.15, 0.2) is 36.5 Å². The smallest absolute Gasteiger partial charge is 0.361 e. The van der Waals surface area contributed by atoms with Gasteiger partial charge in [-0.2, -0.15) is 13.2 Å². The molecule has 1 aliphatic rings. The van der Waals surface area contributed by atoms with E-state index in [1.807, 2.05) is 6.20 Å². The molecule has 1 unspecified atom stereocenters. The van der Waals surface area contributed by atoms with Gasteiger partial charge in [0.1, 0.15) is 0 Å². The third-order valence-electron chi connectivity index (χ3n) is 7.15. The summed E-state index contributed by atoms with van der Waals surface area (Å²) in [6.45, 7) is 6.42. The van der Waals surface area contributed by atoms with E-state index in [-0.39, 0.29) is 6.54 Å².